The van der Waals surface area contributed by atoms with Crippen LogP contribution in [0.1, 0.15) is 31.8 Å². The predicted octanol–water partition coefficient (Wildman–Crippen LogP) is 2.86. The Bertz CT molecular complexity index is 1890. The molecule has 0 radical (unpaired) electrons. The molecule has 3 aromatic carbocycles. The SMILES string of the molecule is CN(Cc1ccc(N)cc1)C(=O)N1CCN(C(=O)C#CC(=O)c2ccccc2C(=O)C#CC(=O)N2CCN(C(=O)N(C)Cc3ccc(N)cc3)CC2)CC1.Cl.Cl. The number of carbonyl (C=O) groups excluding carboxylic acids is 6. The average Bonchev–Trinajstić information content (AvgIpc) is 3.19. The van der Waals surface area contributed by atoms with Crippen molar-refractivity contribution >= 4 is 71.6 Å². The molecule has 0 aromatic heterocycles. The van der Waals surface area contributed by atoms with E-state index in [2.05, 4.69) is 23.7 Å². The Morgan fingerprint density at radius 3 is 1.12 bits per heavy atom. The molecule has 56 heavy (non-hydrogen) atoms. The number of nitrogens with zero attached hydrogens (tertiary/aromatic N) is 6. The molecule has 0 bridgehead atoms. The zero-order valence-corrected chi connectivity index (χ0v) is 32.7. The fourth-order valence-electron chi connectivity index (χ4n) is 6.01. The third-order valence-electron chi connectivity index (χ3n) is 9.11. The van der Waals surface area contributed by atoms with Gasteiger partial charge in [0.05, 0.1) is 0 Å². The van der Waals surface area contributed by atoms with E-state index >= 15 is 0 Å². The summed E-state index contributed by atoms with van der Waals surface area (Å²) in [7, 11) is 3.41. The molecule has 2 saturated heterocycles. The van der Waals surface area contributed by atoms with E-state index in [1.165, 1.54) is 21.9 Å². The molecule has 16 heteroatoms. The van der Waals surface area contributed by atoms with Gasteiger partial charge in [0.15, 0.2) is 0 Å². The maximum absolute atomic E-state index is 13.1. The number of nitrogens with two attached hydrogens (primary N) is 2. The van der Waals surface area contributed by atoms with Crippen LogP contribution in [0.3, 0.4) is 0 Å². The molecule has 3 aromatic rings. The first-order valence-electron chi connectivity index (χ1n) is 17.4. The summed E-state index contributed by atoms with van der Waals surface area (Å²) >= 11 is 0. The Hall–Kier alpha value is -6.22. The molecular formula is C40H44Cl2N8O6. The first kappa shape index (κ1) is 44.2. The van der Waals surface area contributed by atoms with Crippen molar-refractivity contribution in [2.24, 2.45) is 0 Å². The lowest BCUT2D eigenvalue weighted by Gasteiger charge is -2.36. The molecule has 0 aliphatic carbocycles. The summed E-state index contributed by atoms with van der Waals surface area (Å²) in [6.07, 6.45) is 0. The van der Waals surface area contributed by atoms with Gasteiger partial charge in [-0.3, -0.25) is 19.2 Å². The molecule has 2 aliphatic heterocycles. The first-order valence-corrected chi connectivity index (χ1v) is 17.4. The smallest absolute Gasteiger partial charge is 0.320 e. The fraction of sp³-hybridized carbons (Fsp3) is 0.300. The lowest BCUT2D eigenvalue weighted by Crippen LogP contribution is -2.53. The third kappa shape index (κ3) is 11.6. The number of Topliss-reactive ketones (excluding diaryl/α,β-unsaturated/α-hetero) is 2. The van der Waals surface area contributed by atoms with Gasteiger partial charge in [-0.1, -0.05) is 36.4 Å². The Labute approximate surface area is 338 Å². The van der Waals surface area contributed by atoms with Gasteiger partial charge in [-0.2, -0.15) is 0 Å². The van der Waals surface area contributed by atoms with Crippen molar-refractivity contribution in [3.63, 3.8) is 0 Å². The number of halogens is 2. The highest BCUT2D eigenvalue weighted by molar-refractivity contribution is 6.21. The van der Waals surface area contributed by atoms with Crippen molar-refractivity contribution in [1.82, 2.24) is 29.4 Å². The monoisotopic (exact) mass is 802 g/mol. The highest BCUT2D eigenvalue weighted by Crippen LogP contribution is 2.14. The molecule has 0 saturated carbocycles. The molecule has 6 amide bonds. The van der Waals surface area contributed by atoms with Crippen LogP contribution in [0.2, 0.25) is 0 Å². The number of anilines is 2. The number of ketones is 2. The minimum atomic E-state index is -0.749. The number of benzene rings is 3. The van der Waals surface area contributed by atoms with Crippen LogP contribution in [0.5, 0.6) is 0 Å². The van der Waals surface area contributed by atoms with Gasteiger partial charge in [0.2, 0.25) is 11.6 Å². The number of carbonyl (C=O) groups is 6. The minimum absolute atomic E-state index is 0. The number of amides is 6. The highest BCUT2D eigenvalue weighted by atomic mass is 35.5. The fourth-order valence-corrected chi connectivity index (χ4v) is 6.01. The van der Waals surface area contributed by atoms with Crippen LogP contribution < -0.4 is 11.5 Å². The van der Waals surface area contributed by atoms with Gasteiger partial charge in [-0.05, 0) is 59.4 Å². The number of nitrogen functional groups attached to an aromatic ring is 2. The van der Waals surface area contributed by atoms with E-state index in [1.54, 1.807) is 70.1 Å². The van der Waals surface area contributed by atoms with Crippen molar-refractivity contribution in [2.75, 3.05) is 77.9 Å². The quantitative estimate of drug-likeness (QED) is 0.166. The Morgan fingerprint density at radius 2 is 0.804 bits per heavy atom. The molecule has 14 nitrogen and oxygen atoms in total. The van der Waals surface area contributed by atoms with Crippen LogP contribution in [0.25, 0.3) is 0 Å². The second-order valence-electron chi connectivity index (χ2n) is 13.0. The summed E-state index contributed by atoms with van der Waals surface area (Å²) in [4.78, 5) is 87.1. The van der Waals surface area contributed by atoms with Crippen LogP contribution in [-0.4, -0.2) is 131 Å². The van der Waals surface area contributed by atoms with E-state index in [0.717, 1.165) is 11.1 Å². The van der Waals surface area contributed by atoms with E-state index in [0.29, 0.717) is 50.6 Å². The van der Waals surface area contributed by atoms with Crippen molar-refractivity contribution in [3.8, 4) is 23.7 Å². The lowest BCUT2D eigenvalue weighted by molar-refractivity contribution is -0.127. The highest BCUT2D eigenvalue weighted by Gasteiger charge is 2.27. The van der Waals surface area contributed by atoms with Crippen LogP contribution in [0, 0.1) is 23.7 Å². The van der Waals surface area contributed by atoms with Crippen molar-refractivity contribution < 1.29 is 28.8 Å². The van der Waals surface area contributed by atoms with Gasteiger partial charge < -0.3 is 40.9 Å². The van der Waals surface area contributed by atoms with Crippen molar-refractivity contribution in [3.05, 3.63) is 95.1 Å². The van der Waals surface area contributed by atoms with Gasteiger partial charge in [-0.15, -0.1) is 24.8 Å². The Balaban J connectivity index is 0.00000420. The normalized spacial score (nSPS) is 13.3. The number of rotatable bonds is 6. The minimum Gasteiger partial charge on any atom is -0.399 e. The molecule has 2 fully saturated rings. The zero-order valence-electron chi connectivity index (χ0n) is 31.1. The molecule has 294 valence electrons. The van der Waals surface area contributed by atoms with E-state index in [4.69, 9.17) is 11.5 Å². The molecule has 2 aliphatic rings. The number of hydrogen-bond acceptors (Lipinski definition) is 8. The number of hydrogen-bond donors (Lipinski definition) is 2. The molecule has 2 heterocycles. The first-order chi connectivity index (χ1) is 25.9. The van der Waals surface area contributed by atoms with Crippen molar-refractivity contribution in [1.29, 1.82) is 0 Å². The maximum atomic E-state index is 13.1. The second-order valence-corrected chi connectivity index (χ2v) is 13.0. The standard InChI is InChI=1S/C40H42N8O6.2ClH/c1-43(27-29-7-11-31(41)12-8-29)39(53)47-23-19-45(20-24-47)37(51)17-15-35(49)33-5-3-4-6-34(33)36(50)16-18-38(52)46-21-25-48(26-22-46)40(54)44(2)28-30-9-13-32(42)14-10-30;;/h3-14H,19-28,41-42H2,1-2H3;2*1H. The van der Waals surface area contributed by atoms with E-state index in [9.17, 15) is 28.8 Å². The van der Waals surface area contributed by atoms with Crippen LogP contribution in [0.15, 0.2) is 72.8 Å². The molecule has 0 spiro atoms. The number of urea groups is 2. The second kappa shape index (κ2) is 20.5. The summed E-state index contributed by atoms with van der Waals surface area (Å²) < 4.78 is 0. The van der Waals surface area contributed by atoms with Crippen LogP contribution in [0.4, 0.5) is 21.0 Å². The molecular weight excluding hydrogens is 759 g/mol. The van der Waals surface area contributed by atoms with E-state index in [-0.39, 0.29) is 74.2 Å². The van der Waals surface area contributed by atoms with Gasteiger partial charge in [0.1, 0.15) is 0 Å². The largest absolute Gasteiger partial charge is 0.399 e. The van der Waals surface area contributed by atoms with E-state index < -0.39 is 23.4 Å². The zero-order chi connectivity index (χ0) is 38.8. The summed E-state index contributed by atoms with van der Waals surface area (Å²) in [5, 5.41) is 0. The Kier molecular flexibility index (Phi) is 16.1. The topological polar surface area (TPSA) is 174 Å². The molecule has 0 unspecified atom stereocenters. The van der Waals surface area contributed by atoms with Crippen LogP contribution in [-0.2, 0) is 22.7 Å². The summed E-state index contributed by atoms with van der Waals surface area (Å²) in [5.41, 5.74) is 14.6. The van der Waals surface area contributed by atoms with Crippen LogP contribution >= 0.6 is 24.8 Å². The average molecular weight is 804 g/mol. The number of piperazine rings is 2. The van der Waals surface area contributed by atoms with E-state index in [1.807, 2.05) is 24.3 Å². The summed E-state index contributed by atoms with van der Waals surface area (Å²) in [6, 6.07) is 20.1. The van der Waals surface area contributed by atoms with Gasteiger partial charge in [-0.25, -0.2) is 9.59 Å². The van der Waals surface area contributed by atoms with Gasteiger partial charge in [0, 0.05) is 114 Å². The van der Waals surface area contributed by atoms with Gasteiger partial charge in [0.25, 0.3) is 11.8 Å². The summed E-state index contributed by atoms with van der Waals surface area (Å²) in [6.45, 7) is 3.00. The molecule has 0 atom stereocenters. The Morgan fingerprint density at radius 1 is 0.500 bits per heavy atom. The molecule has 5 rings (SSSR count). The summed E-state index contributed by atoms with van der Waals surface area (Å²) in [5.74, 6) is 6.75. The molecule has 4 N–H and O–H groups in total. The lowest BCUT2D eigenvalue weighted by atomic mass is 10.0. The predicted molar refractivity (Wildman–Crippen MR) is 217 cm³/mol. The maximum Gasteiger partial charge on any atom is 0.320 e. The van der Waals surface area contributed by atoms with Crippen molar-refractivity contribution in [2.45, 2.75) is 13.1 Å². The van der Waals surface area contributed by atoms with Gasteiger partial charge >= 0.3 is 12.1 Å². The third-order valence-corrected chi connectivity index (χ3v) is 9.11.